The number of fused-ring (bicyclic) bond motifs is 3. The molecule has 0 fully saturated rings. The summed E-state index contributed by atoms with van der Waals surface area (Å²) in [5, 5.41) is 15.7. The van der Waals surface area contributed by atoms with Crippen LogP contribution in [-0.4, -0.2) is 28.7 Å². The van der Waals surface area contributed by atoms with Crippen molar-refractivity contribution in [1.29, 1.82) is 0 Å². The van der Waals surface area contributed by atoms with E-state index in [4.69, 9.17) is 4.74 Å². The summed E-state index contributed by atoms with van der Waals surface area (Å²) in [5.74, 6) is -0.844. The number of hydrogen-bond acceptors (Lipinski definition) is 7. The Labute approximate surface area is 179 Å². The first-order valence-corrected chi connectivity index (χ1v) is 10.1. The average Bonchev–Trinajstić information content (AvgIpc) is 2.72. The molecule has 9 nitrogen and oxygen atoms in total. The summed E-state index contributed by atoms with van der Waals surface area (Å²) < 4.78 is 7.51. The monoisotopic (exact) mass is 427 g/mol. The lowest BCUT2D eigenvalue weighted by Gasteiger charge is -2.39. The predicted octanol–water partition coefficient (Wildman–Crippen LogP) is 4.20. The van der Waals surface area contributed by atoms with Gasteiger partial charge in [-0.1, -0.05) is 25.9 Å². The lowest BCUT2D eigenvalue weighted by molar-refractivity contribution is 0.0998. The van der Waals surface area contributed by atoms with E-state index in [9.17, 15) is 24.5 Å². The van der Waals surface area contributed by atoms with Gasteiger partial charge in [0.15, 0.2) is 16.9 Å². The van der Waals surface area contributed by atoms with Crippen LogP contribution in [0.15, 0.2) is 39.5 Å². The Morgan fingerprint density at radius 2 is 1.97 bits per heavy atom. The van der Waals surface area contributed by atoms with Gasteiger partial charge in [-0.05, 0) is 42.4 Å². The number of pyridine rings is 1. The molecular formula is C22H25N3O6. The second-order valence-electron chi connectivity index (χ2n) is 8.71. The Balaban J connectivity index is 2.06. The number of phenols is 1. The Kier molecular flexibility index (Phi) is 6.33. The highest BCUT2D eigenvalue weighted by molar-refractivity contribution is 5.94. The summed E-state index contributed by atoms with van der Waals surface area (Å²) in [6, 6.07) is 4.49. The van der Waals surface area contributed by atoms with Gasteiger partial charge in [0.05, 0.1) is 18.8 Å². The Hall–Kier alpha value is -3.36. The minimum Gasteiger partial charge on any atom is -0.504 e. The largest absolute Gasteiger partial charge is 0.504 e. The van der Waals surface area contributed by atoms with Crippen LogP contribution in [-0.2, 0) is 6.42 Å². The standard InChI is InChI=1S/C22H25N3O6/c1-22(2,3)20-9-13-8-19(31-7-5-4-6-23-29)18(27)10-14(13)16-11-17(26)15(12-25(16)20)21(28)24-30/h8,10-12,20,27H,4-7,9H2,1-3H3. The summed E-state index contributed by atoms with van der Waals surface area (Å²) in [7, 11) is 0. The number of carbonyl (C=O) groups is 1. The number of unbranched alkanes of at least 4 members (excludes halogenated alkanes) is 1. The summed E-state index contributed by atoms with van der Waals surface area (Å²) >= 11 is 0. The quantitative estimate of drug-likeness (QED) is 0.521. The van der Waals surface area contributed by atoms with Crippen molar-refractivity contribution in [3.05, 3.63) is 55.6 Å². The van der Waals surface area contributed by atoms with Gasteiger partial charge < -0.3 is 14.4 Å². The van der Waals surface area contributed by atoms with Gasteiger partial charge in [0.1, 0.15) is 5.56 Å². The van der Waals surface area contributed by atoms with Crippen LogP contribution < -0.4 is 10.2 Å². The van der Waals surface area contributed by atoms with Gasteiger partial charge in [-0.3, -0.25) is 9.59 Å². The van der Waals surface area contributed by atoms with E-state index >= 15 is 0 Å². The van der Waals surface area contributed by atoms with Crippen LogP contribution >= 0.6 is 0 Å². The highest BCUT2D eigenvalue weighted by Crippen LogP contribution is 2.45. The molecule has 9 heteroatoms. The normalized spacial score (nSPS) is 15.0. The van der Waals surface area contributed by atoms with E-state index in [0.717, 1.165) is 5.56 Å². The van der Waals surface area contributed by atoms with Crippen molar-refractivity contribution in [3.8, 4) is 22.8 Å². The third-order valence-electron chi connectivity index (χ3n) is 5.50. The summed E-state index contributed by atoms with van der Waals surface area (Å²) in [6.45, 7) is 6.70. The Bertz CT molecular complexity index is 1080. The molecule has 2 aromatic rings. The molecule has 1 amide bonds. The van der Waals surface area contributed by atoms with Crippen molar-refractivity contribution in [2.24, 2.45) is 15.8 Å². The first kappa shape index (κ1) is 22.3. The number of nitroso groups, excluding NO2 is 2. The number of rotatable bonds is 7. The van der Waals surface area contributed by atoms with Crippen LogP contribution in [0.2, 0.25) is 0 Å². The highest BCUT2D eigenvalue weighted by atomic mass is 16.5. The zero-order valence-electron chi connectivity index (χ0n) is 17.8. The van der Waals surface area contributed by atoms with Gasteiger partial charge in [0.2, 0.25) is 0 Å². The van der Waals surface area contributed by atoms with Crippen molar-refractivity contribution in [2.75, 3.05) is 13.2 Å². The maximum atomic E-state index is 12.5. The van der Waals surface area contributed by atoms with Gasteiger partial charge in [-0.15, -0.1) is 4.91 Å². The predicted molar refractivity (Wildman–Crippen MR) is 116 cm³/mol. The van der Waals surface area contributed by atoms with Crippen LogP contribution in [0.3, 0.4) is 0 Å². The molecule has 1 unspecified atom stereocenters. The number of carbonyl (C=O) groups excluding carboxylic acids is 1. The summed E-state index contributed by atoms with van der Waals surface area (Å²) in [5.41, 5.74) is 0.995. The van der Waals surface area contributed by atoms with Crippen LogP contribution in [0.25, 0.3) is 11.3 Å². The number of phenolic OH excluding ortho intramolecular Hbond substituents is 1. The van der Waals surface area contributed by atoms with Crippen molar-refractivity contribution in [2.45, 2.75) is 46.1 Å². The molecule has 1 aliphatic heterocycles. The number of aromatic hydroxyl groups is 1. The summed E-state index contributed by atoms with van der Waals surface area (Å²) in [6.07, 6.45) is 3.20. The topological polar surface area (TPSA) is 127 Å². The first-order valence-electron chi connectivity index (χ1n) is 10.1. The number of ether oxygens (including phenoxy) is 1. The van der Waals surface area contributed by atoms with E-state index in [1.54, 1.807) is 12.1 Å². The fourth-order valence-corrected chi connectivity index (χ4v) is 3.86. The van der Waals surface area contributed by atoms with Gasteiger partial charge in [-0.2, -0.15) is 4.91 Å². The number of amides is 1. The van der Waals surface area contributed by atoms with E-state index in [0.29, 0.717) is 42.9 Å². The fourth-order valence-electron chi connectivity index (χ4n) is 3.86. The van der Waals surface area contributed by atoms with E-state index in [-0.39, 0.29) is 29.3 Å². The smallest absolute Gasteiger partial charge is 0.322 e. The van der Waals surface area contributed by atoms with Crippen LogP contribution in [0.4, 0.5) is 0 Å². The van der Waals surface area contributed by atoms with Crippen LogP contribution in [0.1, 0.15) is 55.6 Å². The Morgan fingerprint density at radius 3 is 2.61 bits per heavy atom. The number of aromatic nitrogens is 1. The van der Waals surface area contributed by atoms with E-state index in [1.807, 2.05) is 25.3 Å². The molecule has 1 aromatic heterocycles. The highest BCUT2D eigenvalue weighted by Gasteiger charge is 2.34. The van der Waals surface area contributed by atoms with Gasteiger partial charge in [-0.25, -0.2) is 0 Å². The van der Waals surface area contributed by atoms with Crippen molar-refractivity contribution >= 4 is 5.91 Å². The molecule has 31 heavy (non-hydrogen) atoms. The zero-order valence-corrected chi connectivity index (χ0v) is 17.8. The van der Waals surface area contributed by atoms with Crippen LogP contribution in [0.5, 0.6) is 11.5 Å². The molecule has 0 spiro atoms. The van der Waals surface area contributed by atoms with E-state index in [1.165, 1.54) is 12.3 Å². The van der Waals surface area contributed by atoms with Gasteiger partial charge in [0, 0.05) is 29.0 Å². The minimum absolute atomic E-state index is 0.0739. The molecule has 2 heterocycles. The van der Waals surface area contributed by atoms with Crippen molar-refractivity contribution < 1.29 is 14.6 Å². The lowest BCUT2D eigenvalue weighted by atomic mass is 9.78. The van der Waals surface area contributed by atoms with Crippen molar-refractivity contribution in [3.63, 3.8) is 0 Å². The molecule has 1 N–H and O–H groups in total. The molecule has 0 saturated heterocycles. The molecule has 0 bridgehead atoms. The molecule has 164 valence electrons. The van der Waals surface area contributed by atoms with Crippen LogP contribution in [0, 0.1) is 15.2 Å². The molecule has 0 aliphatic carbocycles. The Morgan fingerprint density at radius 1 is 1.23 bits per heavy atom. The molecular weight excluding hydrogens is 402 g/mol. The molecule has 0 saturated carbocycles. The van der Waals surface area contributed by atoms with Gasteiger partial charge >= 0.3 is 5.91 Å². The first-order chi connectivity index (χ1) is 14.7. The molecule has 1 aliphatic rings. The third-order valence-corrected chi connectivity index (χ3v) is 5.50. The van der Waals surface area contributed by atoms with Crippen molar-refractivity contribution in [1.82, 2.24) is 4.57 Å². The van der Waals surface area contributed by atoms with Gasteiger partial charge in [0.25, 0.3) is 0 Å². The zero-order chi connectivity index (χ0) is 22.8. The SMILES string of the molecule is CC(C)(C)C1Cc2cc(OCCCCN=O)c(O)cc2-c2cc(=O)c(C(=O)N=O)cn21. The number of hydrogen-bond donors (Lipinski definition) is 1. The fraction of sp³-hybridized carbons (Fsp3) is 0.455. The maximum Gasteiger partial charge on any atom is 0.322 e. The van der Waals surface area contributed by atoms with E-state index in [2.05, 4.69) is 10.4 Å². The minimum atomic E-state index is -1.10. The third kappa shape index (κ3) is 4.55. The molecule has 3 rings (SSSR count). The second kappa shape index (κ2) is 8.79. The maximum absolute atomic E-state index is 12.5. The lowest BCUT2D eigenvalue weighted by Crippen LogP contribution is -2.32. The second-order valence-corrected chi connectivity index (χ2v) is 8.71. The number of nitrogens with zero attached hydrogens (tertiary/aromatic N) is 3. The van der Waals surface area contributed by atoms with E-state index < -0.39 is 11.3 Å². The molecule has 1 atom stereocenters. The number of benzene rings is 1. The molecule has 1 aromatic carbocycles. The molecule has 0 radical (unpaired) electrons. The summed E-state index contributed by atoms with van der Waals surface area (Å²) in [4.78, 5) is 45.2. The average molecular weight is 427 g/mol.